The molecular formula is C17H18N2O5. The number of carbonyl (C=O) groups is 1. The minimum absolute atomic E-state index is 0.0138. The van der Waals surface area contributed by atoms with E-state index in [2.05, 4.69) is 5.32 Å². The summed E-state index contributed by atoms with van der Waals surface area (Å²) in [6.07, 6.45) is 3.39. The lowest BCUT2D eigenvalue weighted by atomic mass is 9.94. The number of nitrogens with one attached hydrogen (secondary N) is 1. The Hall–Kier alpha value is -2.67. The largest absolute Gasteiger partial charge is 0.466 e. The van der Waals surface area contributed by atoms with E-state index in [-0.39, 0.29) is 30.5 Å². The van der Waals surface area contributed by atoms with Gasteiger partial charge in [-0.25, -0.2) is 0 Å². The van der Waals surface area contributed by atoms with Gasteiger partial charge in [-0.2, -0.15) is 0 Å². The molecule has 0 spiro atoms. The molecule has 1 amide bonds. The lowest BCUT2D eigenvalue weighted by Crippen LogP contribution is -2.42. The Balaban J connectivity index is 1.59. The molecule has 0 bridgehead atoms. The van der Waals surface area contributed by atoms with Gasteiger partial charge in [0, 0.05) is 12.1 Å². The second-order valence-electron chi connectivity index (χ2n) is 6.05. The van der Waals surface area contributed by atoms with Crippen LogP contribution in [0.15, 0.2) is 47.1 Å². The average molecular weight is 330 g/mol. The highest BCUT2D eigenvalue weighted by molar-refractivity contribution is 5.78. The lowest BCUT2D eigenvalue weighted by Gasteiger charge is -2.26. The van der Waals surface area contributed by atoms with Crippen molar-refractivity contribution in [1.82, 2.24) is 5.32 Å². The van der Waals surface area contributed by atoms with E-state index >= 15 is 0 Å². The molecule has 1 unspecified atom stereocenters. The first-order valence-electron chi connectivity index (χ1n) is 7.75. The number of benzene rings is 1. The summed E-state index contributed by atoms with van der Waals surface area (Å²) < 4.78 is 5.32. The Labute approximate surface area is 138 Å². The molecule has 126 valence electrons. The van der Waals surface area contributed by atoms with Gasteiger partial charge in [0.05, 0.1) is 24.2 Å². The van der Waals surface area contributed by atoms with Crippen LogP contribution in [0.3, 0.4) is 0 Å². The molecule has 7 heteroatoms. The highest BCUT2D eigenvalue weighted by Gasteiger charge is 2.47. The number of furan rings is 1. The van der Waals surface area contributed by atoms with E-state index in [4.69, 9.17) is 4.42 Å². The smallest absolute Gasteiger partial charge is 0.269 e. The number of non-ortho nitro benzene ring substituents is 1. The van der Waals surface area contributed by atoms with Crippen molar-refractivity contribution < 1.29 is 19.2 Å². The summed E-state index contributed by atoms with van der Waals surface area (Å²) >= 11 is 0. The Bertz CT molecular complexity index is 722. The number of hydrogen-bond donors (Lipinski definition) is 2. The van der Waals surface area contributed by atoms with E-state index in [1.807, 2.05) is 0 Å². The van der Waals surface area contributed by atoms with Gasteiger partial charge in [-0.1, -0.05) is 12.1 Å². The molecule has 1 heterocycles. The normalized spacial score (nSPS) is 16.4. The van der Waals surface area contributed by atoms with Crippen LogP contribution < -0.4 is 5.32 Å². The summed E-state index contributed by atoms with van der Waals surface area (Å²) in [5.74, 6) is 0.290. The van der Waals surface area contributed by atoms with Crippen molar-refractivity contribution in [3.63, 3.8) is 0 Å². The molecule has 1 fully saturated rings. The van der Waals surface area contributed by atoms with E-state index in [1.165, 1.54) is 18.4 Å². The molecule has 0 aliphatic heterocycles. The van der Waals surface area contributed by atoms with Crippen LogP contribution in [0.5, 0.6) is 0 Å². The maximum absolute atomic E-state index is 12.1. The van der Waals surface area contributed by atoms with Gasteiger partial charge < -0.3 is 14.8 Å². The topological polar surface area (TPSA) is 106 Å². The molecule has 1 aromatic heterocycles. The molecule has 2 aromatic rings. The van der Waals surface area contributed by atoms with Gasteiger partial charge in [0.1, 0.15) is 11.4 Å². The molecule has 0 saturated heterocycles. The number of carbonyl (C=O) groups excluding carboxylic acids is 1. The fourth-order valence-corrected chi connectivity index (χ4v) is 2.74. The maximum Gasteiger partial charge on any atom is 0.269 e. The molecule has 1 aromatic carbocycles. The summed E-state index contributed by atoms with van der Waals surface area (Å²) in [4.78, 5) is 22.2. The number of amides is 1. The Morgan fingerprint density at radius 2 is 2.04 bits per heavy atom. The van der Waals surface area contributed by atoms with Crippen molar-refractivity contribution in [2.45, 2.75) is 24.9 Å². The van der Waals surface area contributed by atoms with Gasteiger partial charge in [-0.05, 0) is 36.5 Å². The minimum atomic E-state index is -1.19. The summed E-state index contributed by atoms with van der Waals surface area (Å²) in [5.41, 5.74) is -0.527. The second kappa shape index (κ2) is 6.45. The summed E-state index contributed by atoms with van der Waals surface area (Å²) in [7, 11) is 0. The van der Waals surface area contributed by atoms with Gasteiger partial charge >= 0.3 is 0 Å². The molecule has 2 N–H and O–H groups in total. The number of hydrogen-bond acceptors (Lipinski definition) is 5. The van der Waals surface area contributed by atoms with Crippen LogP contribution in [0.25, 0.3) is 0 Å². The van der Waals surface area contributed by atoms with Crippen molar-refractivity contribution in [2.75, 3.05) is 6.54 Å². The van der Waals surface area contributed by atoms with Crippen molar-refractivity contribution in [2.24, 2.45) is 5.92 Å². The summed E-state index contributed by atoms with van der Waals surface area (Å²) in [5, 5.41) is 24.2. The quantitative estimate of drug-likeness (QED) is 0.597. The molecular weight excluding hydrogens is 312 g/mol. The summed E-state index contributed by atoms with van der Waals surface area (Å²) in [6, 6.07) is 9.26. The predicted octanol–water partition coefficient (Wildman–Crippen LogP) is 2.14. The van der Waals surface area contributed by atoms with Crippen molar-refractivity contribution in [3.05, 3.63) is 64.1 Å². The van der Waals surface area contributed by atoms with Gasteiger partial charge in [-0.3, -0.25) is 14.9 Å². The summed E-state index contributed by atoms with van der Waals surface area (Å²) in [6.45, 7) is 0.0804. The predicted molar refractivity (Wildman–Crippen MR) is 85.1 cm³/mol. The molecule has 1 aliphatic carbocycles. The fourth-order valence-electron chi connectivity index (χ4n) is 2.74. The Kier molecular flexibility index (Phi) is 4.35. The highest BCUT2D eigenvalue weighted by atomic mass is 16.6. The van der Waals surface area contributed by atoms with Gasteiger partial charge in [-0.15, -0.1) is 0 Å². The third kappa shape index (κ3) is 3.46. The molecule has 0 radical (unpaired) electrons. The molecule has 3 rings (SSSR count). The van der Waals surface area contributed by atoms with E-state index in [0.29, 0.717) is 11.3 Å². The third-order valence-corrected chi connectivity index (χ3v) is 4.27. The first-order valence-corrected chi connectivity index (χ1v) is 7.75. The first-order chi connectivity index (χ1) is 11.5. The van der Waals surface area contributed by atoms with Crippen LogP contribution in [0, 0.1) is 16.0 Å². The number of nitro groups is 1. The molecule has 1 saturated carbocycles. The molecule has 24 heavy (non-hydrogen) atoms. The average Bonchev–Trinajstić information content (AvgIpc) is 3.28. The fraction of sp³-hybridized carbons (Fsp3) is 0.353. The van der Waals surface area contributed by atoms with Crippen LogP contribution in [-0.4, -0.2) is 22.5 Å². The van der Waals surface area contributed by atoms with E-state index in [0.717, 1.165) is 12.8 Å². The SMILES string of the molecule is O=C(Cc1ccc([N+](=O)[O-])cc1)NCC(O)(c1ccco1)C1CC1. The van der Waals surface area contributed by atoms with Crippen molar-refractivity contribution >= 4 is 11.6 Å². The number of nitrogens with zero attached hydrogens (tertiary/aromatic N) is 1. The van der Waals surface area contributed by atoms with Gasteiger partial charge in [0.15, 0.2) is 0 Å². The Morgan fingerprint density at radius 1 is 1.33 bits per heavy atom. The number of aliphatic hydroxyl groups is 1. The lowest BCUT2D eigenvalue weighted by molar-refractivity contribution is -0.384. The minimum Gasteiger partial charge on any atom is -0.466 e. The molecule has 7 nitrogen and oxygen atoms in total. The second-order valence-corrected chi connectivity index (χ2v) is 6.05. The Morgan fingerprint density at radius 3 is 2.58 bits per heavy atom. The van der Waals surface area contributed by atoms with Crippen LogP contribution >= 0.6 is 0 Å². The van der Waals surface area contributed by atoms with Crippen LogP contribution in [0.2, 0.25) is 0 Å². The van der Waals surface area contributed by atoms with E-state index in [9.17, 15) is 20.0 Å². The van der Waals surface area contributed by atoms with Crippen molar-refractivity contribution in [1.29, 1.82) is 0 Å². The van der Waals surface area contributed by atoms with Crippen LogP contribution in [0.1, 0.15) is 24.2 Å². The standard InChI is InChI=1S/C17H18N2O5/c20-16(10-12-3-7-14(8-4-12)19(22)23)18-11-17(21,13-5-6-13)15-2-1-9-24-15/h1-4,7-9,13,21H,5-6,10-11H2,(H,18,20). The zero-order chi connectivity index (χ0) is 17.2. The first kappa shape index (κ1) is 16.2. The zero-order valence-electron chi connectivity index (χ0n) is 13.0. The van der Waals surface area contributed by atoms with E-state index in [1.54, 1.807) is 24.3 Å². The van der Waals surface area contributed by atoms with Crippen molar-refractivity contribution in [3.8, 4) is 0 Å². The van der Waals surface area contributed by atoms with Crippen LogP contribution in [-0.2, 0) is 16.8 Å². The van der Waals surface area contributed by atoms with Gasteiger partial charge in [0.25, 0.3) is 5.69 Å². The molecule has 1 atom stereocenters. The van der Waals surface area contributed by atoms with E-state index < -0.39 is 10.5 Å². The molecule has 1 aliphatic rings. The monoisotopic (exact) mass is 330 g/mol. The third-order valence-electron chi connectivity index (χ3n) is 4.27. The maximum atomic E-state index is 12.1. The number of rotatable bonds is 7. The van der Waals surface area contributed by atoms with Crippen LogP contribution in [0.4, 0.5) is 5.69 Å². The zero-order valence-corrected chi connectivity index (χ0v) is 13.0. The number of nitro benzene ring substituents is 1. The highest BCUT2D eigenvalue weighted by Crippen LogP contribution is 2.45. The van der Waals surface area contributed by atoms with Gasteiger partial charge in [0.2, 0.25) is 5.91 Å².